The van der Waals surface area contributed by atoms with Crippen LogP contribution in [0.5, 0.6) is 0 Å². The van der Waals surface area contributed by atoms with Gasteiger partial charge in [0, 0.05) is 6.42 Å². The molecule has 0 aromatic heterocycles. The van der Waals surface area contributed by atoms with Crippen LogP contribution < -0.4 is 0 Å². The van der Waals surface area contributed by atoms with Crippen LogP contribution in [-0.2, 0) is 4.84 Å². The van der Waals surface area contributed by atoms with Crippen LogP contribution in [0.2, 0.25) is 0 Å². The lowest BCUT2D eigenvalue weighted by Gasteiger charge is -1.95. The third kappa shape index (κ3) is 0.796. The quantitative estimate of drug-likeness (QED) is 0.443. The molecule has 1 unspecified atom stereocenters. The van der Waals surface area contributed by atoms with E-state index in [1.165, 1.54) is 0 Å². The first-order chi connectivity index (χ1) is 3.43. The minimum absolute atomic E-state index is 0.0833. The van der Waals surface area contributed by atoms with Crippen molar-refractivity contribution in [2.24, 2.45) is 5.16 Å². The van der Waals surface area contributed by atoms with Crippen molar-refractivity contribution in [2.75, 3.05) is 0 Å². The van der Waals surface area contributed by atoms with Crippen LogP contribution in [0.25, 0.3) is 0 Å². The largest absolute Gasteiger partial charge is 0.388 e. The van der Waals surface area contributed by atoms with Crippen LogP contribution in [0.3, 0.4) is 0 Å². The first-order valence-electron chi connectivity index (χ1n) is 2.15. The van der Waals surface area contributed by atoms with Gasteiger partial charge in [-0.25, -0.2) is 0 Å². The Morgan fingerprint density at radius 1 is 2.00 bits per heavy atom. The van der Waals surface area contributed by atoms with E-state index in [9.17, 15) is 0 Å². The van der Waals surface area contributed by atoms with Gasteiger partial charge in [0.25, 0.3) is 0 Å². The molecule has 1 radical (unpaired) electrons. The Hall–Kier alpha value is -0.790. The minimum Gasteiger partial charge on any atom is -0.388 e. The van der Waals surface area contributed by atoms with Gasteiger partial charge in [-0.15, -0.1) is 0 Å². The maximum absolute atomic E-state index is 4.70. The molecule has 0 amide bonds. The predicted octanol–water partition coefficient (Wildman–Crippen LogP) is 0.824. The van der Waals surface area contributed by atoms with Crippen molar-refractivity contribution < 1.29 is 4.84 Å². The van der Waals surface area contributed by atoms with Gasteiger partial charge in [0.15, 0.2) is 6.10 Å². The fourth-order valence-corrected chi connectivity index (χ4v) is 0.396. The summed E-state index contributed by atoms with van der Waals surface area (Å²) >= 11 is 0. The van der Waals surface area contributed by atoms with Crippen LogP contribution in [0.15, 0.2) is 17.8 Å². The molecule has 1 rings (SSSR count). The fourth-order valence-electron chi connectivity index (χ4n) is 0.396. The molecule has 0 saturated carbocycles. The van der Waals surface area contributed by atoms with Gasteiger partial charge in [0.05, 0.1) is 0 Å². The van der Waals surface area contributed by atoms with E-state index in [1.807, 2.05) is 0 Å². The number of hydrogen-bond donors (Lipinski definition) is 0. The van der Waals surface area contributed by atoms with Crippen molar-refractivity contribution in [1.82, 2.24) is 0 Å². The fraction of sp³-hybridized carbons (Fsp3) is 0.400. The zero-order chi connectivity index (χ0) is 5.11. The lowest BCUT2D eigenvalue weighted by atomic mass is 10.3. The zero-order valence-electron chi connectivity index (χ0n) is 3.92. The summed E-state index contributed by atoms with van der Waals surface area (Å²) in [6.07, 6.45) is 5.20. The van der Waals surface area contributed by atoms with Crippen LogP contribution >= 0.6 is 0 Å². The van der Waals surface area contributed by atoms with Gasteiger partial charge in [0.2, 0.25) is 0 Å². The van der Waals surface area contributed by atoms with Crippen molar-refractivity contribution >= 4 is 6.21 Å². The molecule has 0 fully saturated rings. The molecular formula is C5H6NO. The second kappa shape index (κ2) is 1.78. The van der Waals surface area contributed by atoms with E-state index < -0.39 is 0 Å². The Morgan fingerprint density at radius 3 is 3.14 bits per heavy atom. The molecule has 0 aromatic rings. The molecule has 0 bridgehead atoms. The second-order valence-electron chi connectivity index (χ2n) is 1.33. The summed E-state index contributed by atoms with van der Waals surface area (Å²) in [5.41, 5.74) is 0. The van der Waals surface area contributed by atoms with Gasteiger partial charge in [-0.1, -0.05) is 11.7 Å². The van der Waals surface area contributed by atoms with E-state index in [2.05, 4.69) is 17.9 Å². The van der Waals surface area contributed by atoms with Crippen LogP contribution in [0.4, 0.5) is 0 Å². The van der Waals surface area contributed by atoms with Gasteiger partial charge in [-0.3, -0.25) is 0 Å². The highest BCUT2D eigenvalue weighted by Gasteiger charge is 2.06. The molecule has 1 aliphatic rings. The Kier molecular flexibility index (Phi) is 1.11. The lowest BCUT2D eigenvalue weighted by molar-refractivity contribution is 0.120. The number of nitrogens with zero attached hydrogens (tertiary/aromatic N) is 1. The summed E-state index contributed by atoms with van der Waals surface area (Å²) in [5.74, 6) is 0. The summed E-state index contributed by atoms with van der Waals surface area (Å²) in [7, 11) is 0. The molecule has 0 N–H and O–H groups in total. The second-order valence-corrected chi connectivity index (χ2v) is 1.33. The van der Waals surface area contributed by atoms with Crippen molar-refractivity contribution in [2.45, 2.75) is 12.5 Å². The highest BCUT2D eigenvalue weighted by atomic mass is 16.6. The monoisotopic (exact) mass is 96.0 g/mol. The molecule has 2 heteroatoms. The van der Waals surface area contributed by atoms with Crippen molar-refractivity contribution in [1.29, 1.82) is 0 Å². The Balaban J connectivity index is 2.35. The summed E-state index contributed by atoms with van der Waals surface area (Å²) in [4.78, 5) is 4.70. The smallest absolute Gasteiger partial charge is 0.151 e. The van der Waals surface area contributed by atoms with Gasteiger partial charge in [-0.05, 0) is 6.08 Å². The third-order valence-corrected chi connectivity index (χ3v) is 0.808. The molecule has 1 aliphatic heterocycles. The van der Waals surface area contributed by atoms with Crippen molar-refractivity contribution in [3.63, 3.8) is 0 Å². The minimum atomic E-state index is 0.0833. The molecule has 37 valence electrons. The highest BCUT2D eigenvalue weighted by molar-refractivity contribution is 5.59. The normalized spacial score (nSPS) is 27.1. The maximum atomic E-state index is 4.70. The molecule has 1 heterocycles. The Morgan fingerprint density at radius 2 is 2.86 bits per heavy atom. The molecule has 0 spiro atoms. The zero-order valence-corrected chi connectivity index (χ0v) is 3.92. The van der Waals surface area contributed by atoms with E-state index in [-0.39, 0.29) is 6.10 Å². The van der Waals surface area contributed by atoms with Gasteiger partial charge in [-0.2, -0.15) is 0 Å². The first-order valence-corrected chi connectivity index (χ1v) is 2.15. The maximum Gasteiger partial charge on any atom is 0.151 e. The molecular weight excluding hydrogens is 90.1 g/mol. The molecule has 0 aromatic carbocycles. The first kappa shape index (κ1) is 4.37. The molecule has 1 atom stereocenters. The predicted molar refractivity (Wildman–Crippen MR) is 27.1 cm³/mol. The number of rotatable bonds is 1. The van der Waals surface area contributed by atoms with Crippen molar-refractivity contribution in [3.8, 4) is 0 Å². The summed E-state index contributed by atoms with van der Waals surface area (Å²) < 4.78 is 0. The van der Waals surface area contributed by atoms with Crippen LogP contribution in [-0.4, -0.2) is 12.3 Å². The molecule has 0 aliphatic carbocycles. The van der Waals surface area contributed by atoms with Crippen LogP contribution in [0.1, 0.15) is 6.42 Å². The summed E-state index contributed by atoms with van der Waals surface area (Å²) in [5, 5.41) is 3.41. The molecule has 2 nitrogen and oxygen atoms in total. The van der Waals surface area contributed by atoms with Gasteiger partial charge in [0.1, 0.15) is 6.21 Å². The van der Waals surface area contributed by atoms with Gasteiger partial charge >= 0.3 is 0 Å². The topological polar surface area (TPSA) is 21.6 Å². The third-order valence-electron chi connectivity index (χ3n) is 0.808. The average Bonchev–Trinajstić information content (AvgIpc) is 2.14. The van der Waals surface area contributed by atoms with E-state index in [0.29, 0.717) is 0 Å². The number of hydrogen-bond acceptors (Lipinski definition) is 2. The Bertz CT molecular complexity index is 90.3. The van der Waals surface area contributed by atoms with E-state index >= 15 is 0 Å². The van der Waals surface area contributed by atoms with Crippen LogP contribution in [0, 0.1) is 0 Å². The summed E-state index contributed by atoms with van der Waals surface area (Å²) in [6, 6.07) is 0. The van der Waals surface area contributed by atoms with Gasteiger partial charge < -0.3 is 4.84 Å². The van der Waals surface area contributed by atoms with Crippen molar-refractivity contribution in [3.05, 3.63) is 12.7 Å². The average molecular weight is 96.1 g/mol. The SMILES string of the molecule is C=CC1C[C]=NO1. The standard InChI is InChI=1S/C5H6NO/c1-2-5-3-4-6-7-5/h2,5H,1,3H2. The van der Waals surface area contributed by atoms with E-state index in [1.54, 1.807) is 6.08 Å². The highest BCUT2D eigenvalue weighted by Crippen LogP contribution is 2.03. The Labute approximate surface area is 42.5 Å². The van der Waals surface area contributed by atoms with E-state index in [0.717, 1.165) is 6.42 Å². The van der Waals surface area contributed by atoms with E-state index in [4.69, 9.17) is 4.84 Å². The molecule has 0 saturated heterocycles. The lowest BCUT2D eigenvalue weighted by Crippen LogP contribution is -1.97. The molecule has 7 heavy (non-hydrogen) atoms. The summed E-state index contributed by atoms with van der Waals surface area (Å²) in [6.45, 7) is 3.52.